The van der Waals surface area contributed by atoms with Crippen molar-refractivity contribution in [2.45, 2.75) is 51.1 Å². The van der Waals surface area contributed by atoms with Gasteiger partial charge in [-0.1, -0.05) is 12.8 Å². The molecule has 2 amide bonds. The molecule has 1 atom stereocenters. The van der Waals surface area contributed by atoms with Crippen LogP contribution in [0.4, 0.5) is 0 Å². The largest absolute Gasteiger partial charge is 0.480 e. The van der Waals surface area contributed by atoms with Crippen LogP contribution in [0.1, 0.15) is 48.0 Å². The molecule has 0 aliphatic heterocycles. The Balaban J connectivity index is 1.68. The number of aliphatic carboxylic acids is 1. The summed E-state index contributed by atoms with van der Waals surface area (Å²) in [4.78, 5) is 37.8. The second-order valence-corrected chi connectivity index (χ2v) is 7.85. The quantitative estimate of drug-likeness (QED) is 0.731. The van der Waals surface area contributed by atoms with Crippen molar-refractivity contribution in [3.8, 4) is 0 Å². The van der Waals surface area contributed by atoms with Crippen molar-refractivity contribution < 1.29 is 19.5 Å². The first-order valence-corrected chi connectivity index (χ1v) is 9.34. The van der Waals surface area contributed by atoms with E-state index in [1.807, 2.05) is 14.0 Å². The number of carbonyl (C=O) groups excluding carboxylic acids is 2. The van der Waals surface area contributed by atoms with Crippen LogP contribution in [0, 0.1) is 6.92 Å². The van der Waals surface area contributed by atoms with Crippen molar-refractivity contribution >= 4 is 39.3 Å². The summed E-state index contributed by atoms with van der Waals surface area (Å²) < 4.78 is 1.72. The topological polar surface area (TPSA) is 113 Å². The van der Waals surface area contributed by atoms with E-state index in [1.54, 1.807) is 17.7 Å². The van der Waals surface area contributed by atoms with Gasteiger partial charge in [0.25, 0.3) is 5.91 Å². The van der Waals surface area contributed by atoms with Gasteiger partial charge in [-0.3, -0.25) is 14.3 Å². The molecule has 9 heteroatoms. The number of hydrogen-bond donors (Lipinski definition) is 3. The highest BCUT2D eigenvalue weighted by molar-refractivity contribution is 7.20. The summed E-state index contributed by atoms with van der Waals surface area (Å²) in [6.45, 7) is 3.43. The number of carboxylic acid groups (broad SMARTS) is 1. The normalized spacial score (nSPS) is 17.2. The Morgan fingerprint density at radius 2 is 2.00 bits per heavy atom. The molecule has 26 heavy (non-hydrogen) atoms. The van der Waals surface area contributed by atoms with Gasteiger partial charge in [0.2, 0.25) is 5.91 Å². The van der Waals surface area contributed by atoms with E-state index in [9.17, 15) is 19.5 Å². The Hall–Kier alpha value is -2.42. The molecule has 1 aliphatic carbocycles. The van der Waals surface area contributed by atoms with Crippen molar-refractivity contribution in [2.75, 3.05) is 0 Å². The number of fused-ring (bicyclic) bond motifs is 1. The van der Waals surface area contributed by atoms with Crippen molar-refractivity contribution in [3.05, 3.63) is 16.6 Å². The van der Waals surface area contributed by atoms with Crippen LogP contribution in [0.3, 0.4) is 0 Å². The number of aryl methyl sites for hydroxylation is 2. The molecule has 3 N–H and O–H groups in total. The Morgan fingerprint density at radius 1 is 1.35 bits per heavy atom. The summed E-state index contributed by atoms with van der Waals surface area (Å²) in [5, 5.41) is 19.9. The molecule has 0 bridgehead atoms. The fourth-order valence-corrected chi connectivity index (χ4v) is 4.39. The first kappa shape index (κ1) is 18.4. The van der Waals surface area contributed by atoms with Crippen molar-refractivity contribution in [1.82, 2.24) is 20.4 Å². The number of nitrogens with one attached hydrogen (secondary N) is 2. The van der Waals surface area contributed by atoms with Gasteiger partial charge in [0.15, 0.2) is 0 Å². The molecule has 2 aromatic rings. The summed E-state index contributed by atoms with van der Waals surface area (Å²) in [7, 11) is 1.82. The molecule has 1 fully saturated rings. The number of hydrogen-bond acceptors (Lipinski definition) is 5. The lowest BCUT2D eigenvalue weighted by atomic mass is 9.97. The van der Waals surface area contributed by atoms with E-state index in [0.717, 1.165) is 28.8 Å². The standard InChI is InChI=1S/C17H22N4O4S/c1-9-11-8-12(26-15(11)21(3)20-9)14(23)18-10(2)13(22)19-17(16(24)25)6-4-5-7-17/h8,10H,4-7H2,1-3H3,(H,18,23)(H,19,22)(H,24,25). The fourth-order valence-electron chi connectivity index (χ4n) is 3.37. The van der Waals surface area contributed by atoms with E-state index in [2.05, 4.69) is 15.7 Å². The number of carbonyl (C=O) groups is 3. The van der Waals surface area contributed by atoms with Gasteiger partial charge < -0.3 is 15.7 Å². The minimum Gasteiger partial charge on any atom is -0.480 e. The zero-order valence-corrected chi connectivity index (χ0v) is 15.8. The molecule has 0 spiro atoms. The number of carboxylic acids is 1. The highest BCUT2D eigenvalue weighted by Gasteiger charge is 2.43. The fraction of sp³-hybridized carbons (Fsp3) is 0.529. The van der Waals surface area contributed by atoms with Crippen LogP contribution < -0.4 is 10.6 Å². The summed E-state index contributed by atoms with van der Waals surface area (Å²) in [5.74, 6) is -1.86. The predicted octanol–water partition coefficient (Wildman–Crippen LogP) is 1.58. The summed E-state index contributed by atoms with van der Waals surface area (Å²) >= 11 is 1.31. The smallest absolute Gasteiger partial charge is 0.329 e. The molecule has 0 aromatic carbocycles. The average molecular weight is 378 g/mol. The van der Waals surface area contributed by atoms with E-state index >= 15 is 0 Å². The second kappa shape index (κ2) is 6.71. The van der Waals surface area contributed by atoms with E-state index in [-0.39, 0.29) is 5.91 Å². The lowest BCUT2D eigenvalue weighted by Gasteiger charge is -2.27. The lowest BCUT2D eigenvalue weighted by molar-refractivity contribution is -0.147. The van der Waals surface area contributed by atoms with Gasteiger partial charge in [-0.15, -0.1) is 11.3 Å². The van der Waals surface area contributed by atoms with Crippen LogP contribution in [0.25, 0.3) is 10.2 Å². The third-order valence-electron chi connectivity index (χ3n) is 4.89. The molecule has 8 nitrogen and oxygen atoms in total. The van der Waals surface area contributed by atoms with Gasteiger partial charge in [0, 0.05) is 12.4 Å². The van der Waals surface area contributed by atoms with Gasteiger partial charge >= 0.3 is 5.97 Å². The minimum absolute atomic E-state index is 0.357. The van der Waals surface area contributed by atoms with E-state index in [1.165, 1.54) is 11.3 Å². The summed E-state index contributed by atoms with van der Waals surface area (Å²) in [6.07, 6.45) is 2.36. The van der Waals surface area contributed by atoms with Gasteiger partial charge in [-0.2, -0.15) is 5.10 Å². The van der Waals surface area contributed by atoms with Crippen LogP contribution in [0.5, 0.6) is 0 Å². The number of aromatic nitrogens is 2. The van der Waals surface area contributed by atoms with E-state index in [4.69, 9.17) is 0 Å². The number of amides is 2. The van der Waals surface area contributed by atoms with Gasteiger partial charge in [0.05, 0.1) is 10.6 Å². The molecule has 0 radical (unpaired) electrons. The van der Waals surface area contributed by atoms with E-state index in [0.29, 0.717) is 17.7 Å². The molecule has 1 aliphatic rings. The van der Waals surface area contributed by atoms with Crippen LogP contribution in [-0.4, -0.2) is 44.3 Å². The third-order valence-corrected chi connectivity index (χ3v) is 6.09. The molecule has 140 valence electrons. The second-order valence-electron chi connectivity index (χ2n) is 6.82. The molecule has 0 saturated heterocycles. The Labute approximate surface area is 154 Å². The van der Waals surface area contributed by atoms with Crippen LogP contribution in [0.15, 0.2) is 6.07 Å². The zero-order valence-electron chi connectivity index (χ0n) is 15.0. The number of nitrogens with zero attached hydrogens (tertiary/aromatic N) is 2. The van der Waals surface area contributed by atoms with Gasteiger partial charge in [-0.25, -0.2) is 4.79 Å². The molecular weight excluding hydrogens is 356 g/mol. The maximum Gasteiger partial charge on any atom is 0.329 e. The Morgan fingerprint density at radius 3 is 2.58 bits per heavy atom. The van der Waals surface area contributed by atoms with Crippen molar-refractivity contribution in [1.29, 1.82) is 0 Å². The van der Waals surface area contributed by atoms with E-state index < -0.39 is 23.5 Å². The minimum atomic E-state index is -1.21. The molecule has 2 heterocycles. The first-order chi connectivity index (χ1) is 12.2. The predicted molar refractivity (Wildman–Crippen MR) is 97.2 cm³/mol. The maximum absolute atomic E-state index is 12.5. The number of rotatable bonds is 5. The highest BCUT2D eigenvalue weighted by atomic mass is 32.1. The molecule has 1 saturated carbocycles. The zero-order chi connectivity index (χ0) is 19.1. The maximum atomic E-state index is 12.5. The number of thiophene rings is 1. The van der Waals surface area contributed by atoms with Crippen molar-refractivity contribution in [3.63, 3.8) is 0 Å². The Bertz CT molecular complexity index is 844. The molecule has 3 rings (SSSR count). The SMILES string of the molecule is Cc1nn(C)c2sc(C(=O)NC(C)C(=O)NC3(C(=O)O)CCCC3)cc12. The summed E-state index contributed by atoms with van der Waals surface area (Å²) in [5.41, 5.74) is -0.371. The average Bonchev–Trinajstić information content (AvgIpc) is 3.26. The highest BCUT2D eigenvalue weighted by Crippen LogP contribution is 2.30. The third kappa shape index (κ3) is 3.18. The molecule has 2 aromatic heterocycles. The van der Waals surface area contributed by atoms with Crippen LogP contribution in [-0.2, 0) is 16.6 Å². The molecule has 1 unspecified atom stereocenters. The van der Waals surface area contributed by atoms with Crippen LogP contribution in [0.2, 0.25) is 0 Å². The van der Waals surface area contributed by atoms with Gasteiger partial charge in [0.1, 0.15) is 16.4 Å². The monoisotopic (exact) mass is 378 g/mol. The Kier molecular flexibility index (Phi) is 4.74. The summed E-state index contributed by atoms with van der Waals surface area (Å²) in [6, 6.07) is 0.932. The first-order valence-electron chi connectivity index (χ1n) is 8.53. The lowest BCUT2D eigenvalue weighted by Crippen LogP contribution is -2.57. The van der Waals surface area contributed by atoms with Gasteiger partial charge in [-0.05, 0) is 32.8 Å². The van der Waals surface area contributed by atoms with Crippen LogP contribution >= 0.6 is 11.3 Å². The van der Waals surface area contributed by atoms with Crippen molar-refractivity contribution in [2.24, 2.45) is 7.05 Å². The molecular formula is C17H22N4O4S.